The number of imidazole rings is 1. The number of aliphatic carboxylic acids is 2. The van der Waals surface area contributed by atoms with E-state index in [-0.39, 0.29) is 6.42 Å². The number of nitrogens with one attached hydrogen (secondary N) is 5. The van der Waals surface area contributed by atoms with Crippen LogP contribution < -0.4 is 21.3 Å². The van der Waals surface area contributed by atoms with Crippen molar-refractivity contribution < 1.29 is 122 Å². The van der Waals surface area contributed by atoms with Gasteiger partial charge in [0.1, 0.15) is 91.4 Å². The van der Waals surface area contributed by atoms with Gasteiger partial charge in [-0.15, -0.1) is 0 Å². The first kappa shape index (κ1) is 56.3. The van der Waals surface area contributed by atoms with Crippen LogP contribution in [0.4, 0.5) is 0 Å². The number of aliphatic hydroxyl groups excluding tert-OH is 8. The van der Waals surface area contributed by atoms with Crippen molar-refractivity contribution in [2.24, 2.45) is 0 Å². The van der Waals surface area contributed by atoms with Crippen molar-refractivity contribution in [2.75, 3.05) is 34.0 Å². The number of hydrogen-bond acceptors (Lipinski definition) is 24. The van der Waals surface area contributed by atoms with Gasteiger partial charge in [0.25, 0.3) is 5.91 Å². The van der Waals surface area contributed by atoms with Gasteiger partial charge in [-0.1, -0.05) is 0 Å². The van der Waals surface area contributed by atoms with Gasteiger partial charge >= 0.3 is 11.9 Å². The molecule has 4 saturated heterocycles. The molecule has 4 amide bonds. The van der Waals surface area contributed by atoms with E-state index in [1.807, 2.05) is 0 Å². The Bertz CT molecular complexity index is 1920. The fraction of sp³-hybridized carbons (Fsp3) is 0.769. The molecular formula is C39H60N6O25. The topological polar surface area (TPSA) is 465 Å². The third-order valence-electron chi connectivity index (χ3n) is 11.7. The summed E-state index contributed by atoms with van der Waals surface area (Å²) in [6.07, 6.45) is -32.6. The summed E-state index contributed by atoms with van der Waals surface area (Å²) in [5.74, 6) is -6.57. The molecular weight excluding hydrogens is 952 g/mol. The number of H-pyrrole nitrogens is 1. The fourth-order valence-electron chi connectivity index (χ4n) is 8.22. The first-order valence-corrected chi connectivity index (χ1v) is 21.6. The largest absolute Gasteiger partial charge is 0.480 e. The number of amides is 4. The molecule has 5 heterocycles. The first-order chi connectivity index (χ1) is 33.1. The lowest BCUT2D eigenvalue weighted by atomic mass is 9.94. The molecule has 5 rings (SSSR count). The van der Waals surface area contributed by atoms with Crippen molar-refractivity contribution >= 4 is 35.6 Å². The Morgan fingerprint density at radius 1 is 0.671 bits per heavy atom. The predicted octanol–water partition coefficient (Wildman–Crippen LogP) is -9.01. The summed E-state index contributed by atoms with van der Waals surface area (Å²) < 4.78 is 50.5. The summed E-state index contributed by atoms with van der Waals surface area (Å²) in [4.78, 5) is 81.9. The Morgan fingerprint density at radius 2 is 1.19 bits per heavy atom. The molecule has 4 aliphatic rings. The smallest absolute Gasteiger partial charge is 0.335 e. The Labute approximate surface area is 396 Å². The number of carbonyl (C=O) groups is 6. The van der Waals surface area contributed by atoms with E-state index in [0.29, 0.717) is 5.69 Å². The second kappa shape index (κ2) is 25.1. The summed E-state index contributed by atoms with van der Waals surface area (Å²) in [6.45, 7) is -0.153. The number of aromatic nitrogens is 2. The van der Waals surface area contributed by atoms with Crippen LogP contribution >= 0.6 is 0 Å². The van der Waals surface area contributed by atoms with E-state index in [1.54, 1.807) is 0 Å². The Balaban J connectivity index is 1.33. The highest BCUT2D eigenvalue weighted by Gasteiger charge is 2.58. The molecule has 31 heteroatoms. The van der Waals surface area contributed by atoms with E-state index >= 15 is 0 Å². The maximum Gasteiger partial charge on any atom is 0.335 e. The number of ether oxygens (including phenoxy) is 9. The number of hydrogen-bond donors (Lipinski definition) is 15. The van der Waals surface area contributed by atoms with Gasteiger partial charge in [0, 0.05) is 59.3 Å². The third-order valence-corrected chi connectivity index (χ3v) is 11.7. The molecule has 0 radical (unpaired) electrons. The third kappa shape index (κ3) is 13.2. The van der Waals surface area contributed by atoms with Gasteiger partial charge in [-0.3, -0.25) is 19.2 Å². The van der Waals surface area contributed by atoms with Gasteiger partial charge in [-0.25, -0.2) is 14.6 Å². The maximum atomic E-state index is 13.5. The molecule has 4 fully saturated rings. The lowest BCUT2D eigenvalue weighted by Gasteiger charge is -2.50. The average molecular weight is 1010 g/mol. The number of aliphatic hydroxyl groups is 8. The van der Waals surface area contributed by atoms with E-state index in [1.165, 1.54) is 19.6 Å². The standard InChI is InChI=1S/C39H60N6O25/c1-12(48)43-19-27(21(51)16(9-46)64-36(19)63-4)66-39-26(56)24(54)30(32(70-39)35(60)61)68-37-20(44-13(2)49)28(22(52)17(10-47)65-37)67-38-25(55)23(53)29(62-3)31(69-38)33(57)41-6-5-18(50)45-15(34(58)59)7-14-8-40-11-42-14/h8,11,15-17,19-32,36-39,46-47,51-56H,5-7,9-10H2,1-4H3,(H,40,42)(H,41,57)(H,43,48)(H,44,49)(H,45,50)(H,58,59)(H,60,61)/t15-,16+,17+,19+,20+,21+,22+,23-,24+,25+,26+,27+,28+,29-,30-,31-,32-,36+,37-,38+,39+/m0/s1. The number of carboxylic acid groups (broad SMARTS) is 2. The minimum atomic E-state index is -2.31. The Morgan fingerprint density at radius 3 is 1.66 bits per heavy atom. The van der Waals surface area contributed by atoms with Crippen LogP contribution in [0.3, 0.4) is 0 Å². The van der Waals surface area contributed by atoms with Crippen molar-refractivity contribution in [3.63, 3.8) is 0 Å². The van der Waals surface area contributed by atoms with Gasteiger partial charge in [0.15, 0.2) is 37.4 Å². The molecule has 1 aromatic heterocycles. The van der Waals surface area contributed by atoms with Crippen LogP contribution in [0.5, 0.6) is 0 Å². The summed E-state index contributed by atoms with van der Waals surface area (Å²) in [5, 5.41) is 117. The van der Waals surface area contributed by atoms with Crippen LogP contribution in [0.1, 0.15) is 26.0 Å². The molecule has 0 spiro atoms. The molecule has 0 aliphatic carbocycles. The van der Waals surface area contributed by atoms with E-state index < -0.39 is 190 Å². The van der Waals surface area contributed by atoms with Crippen molar-refractivity contribution in [3.8, 4) is 0 Å². The van der Waals surface area contributed by atoms with Crippen molar-refractivity contribution in [1.82, 2.24) is 31.2 Å². The zero-order chi connectivity index (χ0) is 51.7. The number of carbonyl (C=O) groups excluding carboxylic acids is 4. The molecule has 15 N–H and O–H groups in total. The second-order valence-corrected chi connectivity index (χ2v) is 16.6. The molecule has 0 bridgehead atoms. The quantitative estimate of drug-likeness (QED) is 0.0544. The molecule has 0 unspecified atom stereocenters. The van der Waals surface area contributed by atoms with Gasteiger partial charge in [0.2, 0.25) is 17.7 Å². The highest BCUT2D eigenvalue weighted by molar-refractivity contribution is 5.85. The molecule has 0 saturated carbocycles. The van der Waals surface area contributed by atoms with Crippen molar-refractivity contribution in [1.29, 1.82) is 0 Å². The highest BCUT2D eigenvalue weighted by Crippen LogP contribution is 2.35. The van der Waals surface area contributed by atoms with Gasteiger partial charge < -0.3 is 120 Å². The number of nitrogens with zero attached hydrogens (tertiary/aromatic N) is 1. The maximum absolute atomic E-state index is 13.5. The summed E-state index contributed by atoms with van der Waals surface area (Å²) >= 11 is 0. The van der Waals surface area contributed by atoms with E-state index in [4.69, 9.17) is 42.6 Å². The lowest BCUT2D eigenvalue weighted by molar-refractivity contribution is -0.369. The summed E-state index contributed by atoms with van der Waals surface area (Å²) in [6, 6.07) is -4.54. The van der Waals surface area contributed by atoms with Gasteiger partial charge in [-0.05, 0) is 0 Å². The predicted molar refractivity (Wildman–Crippen MR) is 220 cm³/mol. The molecule has 396 valence electrons. The Kier molecular flexibility index (Phi) is 20.2. The normalized spacial score (nSPS) is 38.2. The monoisotopic (exact) mass is 1010 g/mol. The highest BCUT2D eigenvalue weighted by atomic mass is 16.8. The zero-order valence-corrected chi connectivity index (χ0v) is 37.9. The van der Waals surface area contributed by atoms with Crippen LogP contribution in [0.25, 0.3) is 0 Å². The number of aromatic amines is 1. The molecule has 70 heavy (non-hydrogen) atoms. The van der Waals surface area contributed by atoms with Crippen LogP contribution in [0, 0.1) is 0 Å². The molecule has 31 nitrogen and oxygen atoms in total. The van der Waals surface area contributed by atoms with E-state index in [0.717, 1.165) is 21.0 Å². The second-order valence-electron chi connectivity index (χ2n) is 16.6. The summed E-state index contributed by atoms with van der Waals surface area (Å²) in [5.41, 5.74) is 0.420. The fourth-order valence-corrected chi connectivity index (χ4v) is 8.22. The first-order valence-electron chi connectivity index (χ1n) is 21.6. The Hall–Kier alpha value is -4.65. The van der Waals surface area contributed by atoms with Gasteiger partial charge in [0.05, 0.1) is 19.5 Å². The minimum Gasteiger partial charge on any atom is -0.480 e. The van der Waals surface area contributed by atoms with Gasteiger partial charge in [-0.2, -0.15) is 0 Å². The van der Waals surface area contributed by atoms with E-state index in [9.17, 15) is 79.8 Å². The van der Waals surface area contributed by atoms with Crippen LogP contribution in [0.2, 0.25) is 0 Å². The average Bonchev–Trinajstić information content (AvgIpc) is 3.83. The molecule has 4 aliphatic heterocycles. The van der Waals surface area contributed by atoms with Crippen molar-refractivity contribution in [2.45, 2.75) is 155 Å². The number of methoxy groups -OCH3 is 2. The summed E-state index contributed by atoms with van der Waals surface area (Å²) in [7, 11) is 2.23. The van der Waals surface area contributed by atoms with Crippen LogP contribution in [0.15, 0.2) is 12.5 Å². The zero-order valence-electron chi connectivity index (χ0n) is 37.9. The lowest BCUT2D eigenvalue weighted by Crippen LogP contribution is -2.71. The minimum absolute atomic E-state index is 0.132. The molecule has 0 aromatic carbocycles. The molecule has 21 atom stereocenters. The number of rotatable bonds is 21. The van der Waals surface area contributed by atoms with E-state index in [2.05, 4.69) is 31.2 Å². The van der Waals surface area contributed by atoms with Crippen molar-refractivity contribution in [3.05, 3.63) is 18.2 Å². The SMILES string of the molecule is CO[C@@H]1O[C@H](CO)[C@@H](O)[C@H](O[C@@H]2O[C@H](C(=O)O)[C@@H](O[C@@H]3O[C@H](CO)[C@@H](O)[C@H](O[C@@H]4O[C@H](C(=O)NCCC(=O)N[C@@H](Cc5cnc[nH]5)C(=O)O)[C@@H](OC)[C@@H](O)[C@H]4O)[C@H]3NC(C)=O)[C@H](O)[C@H]2O)[C@H]1NC(C)=O. The van der Waals surface area contributed by atoms with Crippen LogP contribution in [-0.2, 0) is 77.8 Å². The van der Waals surface area contributed by atoms with Crippen LogP contribution in [-0.4, -0.2) is 259 Å². The number of carboxylic acids is 2. The molecule has 1 aromatic rings.